The molecule has 0 bridgehead atoms. The van der Waals surface area contributed by atoms with Gasteiger partial charge in [0.25, 0.3) is 0 Å². The zero-order chi connectivity index (χ0) is 19.9. The first kappa shape index (κ1) is 20.6. The Bertz CT molecular complexity index is 650. The number of likely N-dealkylation sites (tertiary alicyclic amines) is 1. The first-order chi connectivity index (χ1) is 13.5. The maximum atomic E-state index is 13.0. The lowest BCUT2D eigenvalue weighted by Crippen LogP contribution is -2.52. The van der Waals surface area contributed by atoms with Crippen LogP contribution in [0.25, 0.3) is 0 Å². The van der Waals surface area contributed by atoms with Crippen LogP contribution in [0.1, 0.15) is 44.1 Å². The smallest absolute Gasteiger partial charge is 0.410 e. The highest BCUT2D eigenvalue weighted by molar-refractivity contribution is 5.86. The molecule has 1 aliphatic heterocycles. The van der Waals surface area contributed by atoms with Crippen molar-refractivity contribution in [2.24, 2.45) is 5.92 Å². The zero-order valence-electron chi connectivity index (χ0n) is 17.1. The summed E-state index contributed by atoms with van der Waals surface area (Å²) < 4.78 is 5.46. The maximum Gasteiger partial charge on any atom is 0.410 e. The van der Waals surface area contributed by atoms with Crippen LogP contribution in [0, 0.1) is 5.92 Å². The Balaban J connectivity index is 1.55. The molecule has 1 saturated carbocycles. The molecule has 1 aromatic carbocycles. The molecule has 2 aliphatic rings. The van der Waals surface area contributed by atoms with Gasteiger partial charge >= 0.3 is 6.09 Å². The summed E-state index contributed by atoms with van der Waals surface area (Å²) in [5, 5.41) is 3.26. The van der Waals surface area contributed by atoms with Gasteiger partial charge in [0.1, 0.15) is 12.6 Å². The fraction of sp³-hybridized carbons (Fsp3) is 0.636. The van der Waals surface area contributed by atoms with E-state index < -0.39 is 12.1 Å². The van der Waals surface area contributed by atoms with Crippen LogP contribution < -0.4 is 5.32 Å². The molecule has 1 saturated heterocycles. The molecule has 1 aliphatic carbocycles. The van der Waals surface area contributed by atoms with E-state index in [0.29, 0.717) is 18.9 Å². The van der Waals surface area contributed by atoms with Crippen molar-refractivity contribution < 1.29 is 14.3 Å². The standard InChI is InChI=1S/C22H33N3O3/c1-24(2)15-18-11-6-7-12-19(18)23-21(26)20-13-8-14-25(20)22(27)28-16-17-9-4-3-5-10-17/h3-5,9-10,18-20H,6-8,11-16H2,1-2H3,(H,23,26)/t18-,19-,20+/m1/s1. The van der Waals surface area contributed by atoms with Crippen molar-refractivity contribution in [3.63, 3.8) is 0 Å². The molecule has 1 heterocycles. The van der Waals surface area contributed by atoms with Gasteiger partial charge in [-0.15, -0.1) is 0 Å². The number of hydrogen-bond acceptors (Lipinski definition) is 4. The summed E-state index contributed by atoms with van der Waals surface area (Å²) in [6, 6.07) is 9.41. The highest BCUT2D eigenvalue weighted by atomic mass is 16.6. The summed E-state index contributed by atoms with van der Waals surface area (Å²) in [4.78, 5) is 29.3. The Morgan fingerprint density at radius 3 is 2.61 bits per heavy atom. The molecule has 154 valence electrons. The van der Waals surface area contributed by atoms with E-state index >= 15 is 0 Å². The van der Waals surface area contributed by atoms with Gasteiger partial charge < -0.3 is 15.0 Å². The Kier molecular flexibility index (Phi) is 7.31. The van der Waals surface area contributed by atoms with Crippen molar-refractivity contribution in [3.8, 4) is 0 Å². The van der Waals surface area contributed by atoms with Crippen LogP contribution in [0.2, 0.25) is 0 Å². The van der Waals surface area contributed by atoms with E-state index in [4.69, 9.17) is 4.74 Å². The Morgan fingerprint density at radius 1 is 1.11 bits per heavy atom. The molecule has 0 aromatic heterocycles. The Morgan fingerprint density at radius 2 is 1.86 bits per heavy atom. The molecule has 28 heavy (non-hydrogen) atoms. The number of benzene rings is 1. The van der Waals surface area contributed by atoms with E-state index in [9.17, 15) is 9.59 Å². The summed E-state index contributed by atoms with van der Waals surface area (Å²) in [5.41, 5.74) is 0.949. The summed E-state index contributed by atoms with van der Waals surface area (Å²) >= 11 is 0. The molecule has 0 radical (unpaired) electrons. The first-order valence-electron chi connectivity index (χ1n) is 10.5. The third kappa shape index (κ3) is 5.47. The molecular weight excluding hydrogens is 354 g/mol. The molecule has 3 rings (SSSR count). The topological polar surface area (TPSA) is 61.9 Å². The number of hydrogen-bond donors (Lipinski definition) is 1. The number of nitrogens with zero attached hydrogens (tertiary/aromatic N) is 2. The number of amides is 2. The quantitative estimate of drug-likeness (QED) is 0.815. The van der Waals surface area contributed by atoms with Crippen LogP contribution in [0.15, 0.2) is 30.3 Å². The van der Waals surface area contributed by atoms with Gasteiger partial charge in [0.2, 0.25) is 5.91 Å². The second-order valence-electron chi connectivity index (χ2n) is 8.31. The second-order valence-corrected chi connectivity index (χ2v) is 8.31. The molecule has 3 atom stereocenters. The lowest BCUT2D eigenvalue weighted by Gasteiger charge is -2.35. The number of carbonyl (C=O) groups is 2. The van der Waals surface area contributed by atoms with Gasteiger partial charge in [-0.05, 0) is 51.3 Å². The third-order valence-corrected chi connectivity index (χ3v) is 5.83. The van der Waals surface area contributed by atoms with E-state index in [1.807, 2.05) is 30.3 Å². The van der Waals surface area contributed by atoms with Crippen LogP contribution in [0.3, 0.4) is 0 Å². The Labute approximate surface area is 168 Å². The lowest BCUT2D eigenvalue weighted by atomic mass is 9.84. The largest absolute Gasteiger partial charge is 0.445 e. The van der Waals surface area contributed by atoms with E-state index in [-0.39, 0.29) is 18.6 Å². The van der Waals surface area contributed by atoms with Gasteiger partial charge in [0.15, 0.2) is 0 Å². The highest BCUT2D eigenvalue weighted by Gasteiger charge is 2.37. The normalized spacial score (nSPS) is 25.0. The average Bonchev–Trinajstić information content (AvgIpc) is 3.18. The van der Waals surface area contributed by atoms with Gasteiger partial charge in [-0.3, -0.25) is 9.69 Å². The van der Waals surface area contributed by atoms with Gasteiger partial charge in [-0.2, -0.15) is 0 Å². The van der Waals surface area contributed by atoms with Crippen molar-refractivity contribution in [1.82, 2.24) is 15.1 Å². The van der Waals surface area contributed by atoms with E-state index in [1.165, 1.54) is 6.42 Å². The summed E-state index contributed by atoms with van der Waals surface area (Å²) in [7, 11) is 4.16. The SMILES string of the molecule is CN(C)C[C@H]1CCCC[C@H]1NC(=O)[C@@H]1CCCN1C(=O)OCc1ccccc1. The predicted octanol–water partition coefficient (Wildman–Crippen LogP) is 3.02. The predicted molar refractivity (Wildman–Crippen MR) is 109 cm³/mol. The van der Waals surface area contributed by atoms with Crippen molar-refractivity contribution in [2.75, 3.05) is 27.2 Å². The third-order valence-electron chi connectivity index (χ3n) is 5.83. The minimum absolute atomic E-state index is 0.0233. The second kappa shape index (κ2) is 9.92. The maximum absolute atomic E-state index is 13.0. The fourth-order valence-corrected chi connectivity index (χ4v) is 4.42. The Hall–Kier alpha value is -2.08. The van der Waals surface area contributed by atoms with Gasteiger partial charge in [-0.25, -0.2) is 4.79 Å². The van der Waals surface area contributed by atoms with E-state index in [1.54, 1.807) is 4.90 Å². The molecule has 0 unspecified atom stereocenters. The number of nitrogens with one attached hydrogen (secondary N) is 1. The van der Waals surface area contributed by atoms with Crippen molar-refractivity contribution in [3.05, 3.63) is 35.9 Å². The van der Waals surface area contributed by atoms with Crippen LogP contribution in [-0.4, -0.2) is 61.1 Å². The van der Waals surface area contributed by atoms with E-state index in [2.05, 4.69) is 24.3 Å². The lowest BCUT2D eigenvalue weighted by molar-refractivity contribution is -0.126. The zero-order valence-corrected chi connectivity index (χ0v) is 17.1. The van der Waals surface area contributed by atoms with Crippen molar-refractivity contribution in [1.29, 1.82) is 0 Å². The van der Waals surface area contributed by atoms with Crippen molar-refractivity contribution in [2.45, 2.75) is 57.2 Å². The summed E-state index contributed by atoms with van der Waals surface area (Å²) in [6.07, 6.45) is 5.71. The van der Waals surface area contributed by atoms with Gasteiger partial charge in [0.05, 0.1) is 0 Å². The van der Waals surface area contributed by atoms with Crippen LogP contribution in [0.5, 0.6) is 0 Å². The monoisotopic (exact) mass is 387 g/mol. The summed E-state index contributed by atoms with van der Waals surface area (Å²) in [6.45, 7) is 1.80. The summed E-state index contributed by atoms with van der Waals surface area (Å²) in [5.74, 6) is 0.456. The minimum atomic E-state index is -0.412. The molecule has 0 spiro atoms. The number of carbonyl (C=O) groups excluding carboxylic acids is 2. The average molecular weight is 388 g/mol. The van der Waals surface area contributed by atoms with Crippen molar-refractivity contribution >= 4 is 12.0 Å². The van der Waals surface area contributed by atoms with Crippen LogP contribution in [-0.2, 0) is 16.1 Å². The highest BCUT2D eigenvalue weighted by Crippen LogP contribution is 2.26. The molecule has 6 heteroatoms. The number of rotatable bonds is 6. The number of ether oxygens (including phenoxy) is 1. The van der Waals surface area contributed by atoms with Gasteiger partial charge in [0, 0.05) is 19.1 Å². The van der Waals surface area contributed by atoms with Crippen LogP contribution >= 0.6 is 0 Å². The molecule has 2 amide bonds. The molecule has 1 aromatic rings. The minimum Gasteiger partial charge on any atom is -0.445 e. The first-order valence-corrected chi connectivity index (χ1v) is 10.5. The molecule has 1 N–H and O–H groups in total. The fourth-order valence-electron chi connectivity index (χ4n) is 4.42. The van der Waals surface area contributed by atoms with E-state index in [0.717, 1.165) is 37.8 Å². The molecule has 2 fully saturated rings. The molecular formula is C22H33N3O3. The van der Waals surface area contributed by atoms with Crippen LogP contribution in [0.4, 0.5) is 4.79 Å². The molecule has 6 nitrogen and oxygen atoms in total. The van der Waals surface area contributed by atoms with Gasteiger partial charge in [-0.1, -0.05) is 43.2 Å².